The number of unbranched alkanes of at least 4 members (excludes halogenated alkanes) is 1. The standard InChI is InChI=1S/C26H28F2N2O2S/c1-5-7-8-9-20-17(3)26(31)30(4)16-22(20)21-15-19(29-33-6-2)11-13-24(21)32-25-12-10-18(27)14-23(25)28/h8-16,29H,5-7H2,1-4H3/b9-8-. The minimum atomic E-state index is -0.788. The highest BCUT2D eigenvalue weighted by molar-refractivity contribution is 8.00. The van der Waals surface area contributed by atoms with Crippen LogP contribution < -0.4 is 15.0 Å². The maximum absolute atomic E-state index is 14.3. The van der Waals surface area contributed by atoms with Crippen LogP contribution in [0, 0.1) is 18.6 Å². The van der Waals surface area contributed by atoms with Crippen molar-refractivity contribution in [2.75, 3.05) is 10.5 Å². The van der Waals surface area contributed by atoms with Crippen LogP contribution in [0.25, 0.3) is 17.2 Å². The molecule has 0 amide bonds. The largest absolute Gasteiger partial charge is 0.454 e. The van der Waals surface area contributed by atoms with Crippen molar-refractivity contribution >= 4 is 23.7 Å². The topological polar surface area (TPSA) is 43.3 Å². The number of benzene rings is 2. The van der Waals surface area contributed by atoms with Gasteiger partial charge in [-0.3, -0.25) is 4.79 Å². The number of ether oxygens (including phenoxy) is 1. The highest BCUT2D eigenvalue weighted by Crippen LogP contribution is 2.39. The van der Waals surface area contributed by atoms with Crippen LogP contribution in [0.15, 0.2) is 53.5 Å². The van der Waals surface area contributed by atoms with Crippen LogP contribution >= 0.6 is 11.9 Å². The molecule has 7 heteroatoms. The molecule has 33 heavy (non-hydrogen) atoms. The van der Waals surface area contributed by atoms with Crippen molar-refractivity contribution in [2.24, 2.45) is 7.05 Å². The zero-order valence-electron chi connectivity index (χ0n) is 19.2. The first-order chi connectivity index (χ1) is 15.8. The van der Waals surface area contributed by atoms with Crippen molar-refractivity contribution in [3.8, 4) is 22.6 Å². The smallest absolute Gasteiger partial charge is 0.253 e. The normalized spacial score (nSPS) is 11.2. The SMILES string of the molecule is CCC/C=C\c1c(-c2cc(NSCC)ccc2Oc2ccc(F)cc2F)cn(C)c(=O)c1C. The van der Waals surface area contributed by atoms with Gasteiger partial charge in [0.15, 0.2) is 11.6 Å². The third kappa shape index (κ3) is 5.85. The highest BCUT2D eigenvalue weighted by Gasteiger charge is 2.17. The Kier molecular flexibility index (Phi) is 8.33. The van der Waals surface area contributed by atoms with E-state index < -0.39 is 11.6 Å². The van der Waals surface area contributed by atoms with E-state index in [0.29, 0.717) is 16.9 Å². The Morgan fingerprint density at radius 2 is 1.85 bits per heavy atom. The number of hydrogen-bond donors (Lipinski definition) is 1. The molecule has 0 saturated carbocycles. The highest BCUT2D eigenvalue weighted by atomic mass is 32.2. The number of aromatic nitrogens is 1. The summed E-state index contributed by atoms with van der Waals surface area (Å²) in [6.45, 7) is 5.93. The summed E-state index contributed by atoms with van der Waals surface area (Å²) in [5, 5.41) is 0. The van der Waals surface area contributed by atoms with Crippen LogP contribution in [-0.4, -0.2) is 10.3 Å². The fourth-order valence-corrected chi connectivity index (χ4v) is 3.86. The van der Waals surface area contributed by atoms with E-state index in [0.717, 1.165) is 47.5 Å². The fourth-order valence-electron chi connectivity index (χ4n) is 3.43. The molecule has 0 spiro atoms. The van der Waals surface area contributed by atoms with E-state index in [-0.39, 0.29) is 11.3 Å². The molecule has 0 atom stereocenters. The van der Waals surface area contributed by atoms with E-state index >= 15 is 0 Å². The summed E-state index contributed by atoms with van der Waals surface area (Å²) in [6, 6.07) is 8.71. The zero-order chi connectivity index (χ0) is 24.0. The third-order valence-corrected chi connectivity index (χ3v) is 5.78. The molecule has 4 nitrogen and oxygen atoms in total. The Morgan fingerprint density at radius 3 is 2.55 bits per heavy atom. The Morgan fingerprint density at radius 1 is 1.09 bits per heavy atom. The summed E-state index contributed by atoms with van der Waals surface area (Å²) in [6.07, 6.45) is 7.63. The van der Waals surface area contributed by atoms with Crippen LogP contribution in [0.4, 0.5) is 14.5 Å². The average Bonchev–Trinajstić information content (AvgIpc) is 2.80. The van der Waals surface area contributed by atoms with Gasteiger partial charge in [0.25, 0.3) is 5.56 Å². The second kappa shape index (κ2) is 11.2. The van der Waals surface area contributed by atoms with E-state index in [2.05, 4.69) is 11.6 Å². The van der Waals surface area contributed by atoms with E-state index in [1.54, 1.807) is 38.2 Å². The number of hydrogen-bond acceptors (Lipinski definition) is 4. The predicted molar refractivity (Wildman–Crippen MR) is 134 cm³/mol. The number of rotatable bonds is 9. The summed E-state index contributed by atoms with van der Waals surface area (Å²) in [4.78, 5) is 12.7. The molecule has 2 aromatic carbocycles. The summed E-state index contributed by atoms with van der Waals surface area (Å²) in [5.41, 5.74) is 3.63. The predicted octanol–water partition coefficient (Wildman–Crippen LogP) is 7.32. The van der Waals surface area contributed by atoms with E-state index in [1.807, 2.05) is 31.2 Å². The van der Waals surface area contributed by atoms with Crippen molar-refractivity contribution in [1.29, 1.82) is 0 Å². The molecule has 0 aliphatic carbocycles. The van der Waals surface area contributed by atoms with Crippen molar-refractivity contribution < 1.29 is 13.5 Å². The molecule has 0 saturated heterocycles. The summed E-state index contributed by atoms with van der Waals surface area (Å²) in [7, 11) is 1.70. The van der Waals surface area contributed by atoms with E-state index in [1.165, 1.54) is 10.6 Å². The lowest BCUT2D eigenvalue weighted by Crippen LogP contribution is -2.20. The van der Waals surface area contributed by atoms with Gasteiger partial charge in [-0.2, -0.15) is 0 Å². The number of nitrogens with one attached hydrogen (secondary N) is 1. The third-order valence-electron chi connectivity index (χ3n) is 5.12. The molecule has 3 aromatic rings. The monoisotopic (exact) mass is 470 g/mol. The molecule has 0 radical (unpaired) electrons. The molecule has 1 heterocycles. The molecule has 0 fully saturated rings. The molecule has 0 aliphatic heterocycles. The van der Waals surface area contributed by atoms with Crippen molar-refractivity contribution in [3.63, 3.8) is 0 Å². The van der Waals surface area contributed by atoms with Gasteiger partial charge >= 0.3 is 0 Å². The first-order valence-corrected chi connectivity index (χ1v) is 11.9. The molecule has 174 valence electrons. The van der Waals surface area contributed by atoms with Crippen molar-refractivity contribution in [3.05, 3.63) is 81.8 Å². The minimum Gasteiger partial charge on any atom is -0.454 e. The molecular formula is C26H28F2N2O2S. The lowest BCUT2D eigenvalue weighted by molar-refractivity contribution is 0.439. The van der Waals surface area contributed by atoms with Gasteiger partial charge in [0.1, 0.15) is 11.6 Å². The number of aryl methyl sites for hydroxylation is 1. The number of nitrogens with zero attached hydrogens (tertiary/aromatic N) is 1. The lowest BCUT2D eigenvalue weighted by Gasteiger charge is -2.18. The second-order valence-corrected chi connectivity index (χ2v) is 8.68. The van der Waals surface area contributed by atoms with Gasteiger partial charge in [-0.15, -0.1) is 0 Å². The van der Waals surface area contributed by atoms with Crippen LogP contribution in [-0.2, 0) is 7.05 Å². The van der Waals surface area contributed by atoms with Gasteiger partial charge in [-0.25, -0.2) is 8.78 Å². The van der Waals surface area contributed by atoms with Crippen molar-refractivity contribution in [1.82, 2.24) is 4.57 Å². The molecule has 0 bridgehead atoms. The molecule has 1 aromatic heterocycles. The van der Waals surface area contributed by atoms with Crippen molar-refractivity contribution in [2.45, 2.75) is 33.6 Å². The maximum atomic E-state index is 14.3. The maximum Gasteiger partial charge on any atom is 0.253 e. The average molecular weight is 471 g/mol. The number of anilines is 1. The number of allylic oxidation sites excluding steroid dienone is 1. The van der Waals surface area contributed by atoms with Gasteiger partial charge in [0, 0.05) is 47.4 Å². The second-order valence-electron chi connectivity index (χ2n) is 7.61. The Balaban J connectivity index is 2.21. The van der Waals surface area contributed by atoms with Crippen LogP contribution in [0.2, 0.25) is 0 Å². The fraction of sp³-hybridized carbons (Fsp3) is 0.269. The lowest BCUT2D eigenvalue weighted by atomic mass is 9.96. The zero-order valence-corrected chi connectivity index (χ0v) is 20.1. The molecule has 1 N–H and O–H groups in total. The first-order valence-electron chi connectivity index (χ1n) is 10.9. The van der Waals surface area contributed by atoms with E-state index in [9.17, 15) is 13.6 Å². The first kappa shape index (κ1) is 24.6. The number of pyridine rings is 1. The quantitative estimate of drug-likeness (QED) is 0.333. The summed E-state index contributed by atoms with van der Waals surface area (Å²) in [5.74, 6) is -0.266. The molecule has 0 aliphatic rings. The Bertz CT molecular complexity index is 1220. The minimum absolute atomic E-state index is 0.0779. The molecular weight excluding hydrogens is 442 g/mol. The van der Waals surface area contributed by atoms with Gasteiger partial charge < -0.3 is 14.0 Å². The van der Waals surface area contributed by atoms with Crippen LogP contribution in [0.5, 0.6) is 11.5 Å². The van der Waals surface area contributed by atoms with Gasteiger partial charge in [-0.05, 0) is 49.2 Å². The molecule has 0 unspecified atom stereocenters. The van der Waals surface area contributed by atoms with E-state index in [4.69, 9.17) is 4.74 Å². The summed E-state index contributed by atoms with van der Waals surface area (Å²) >= 11 is 1.55. The van der Waals surface area contributed by atoms with Gasteiger partial charge in [0.05, 0.1) is 0 Å². The summed E-state index contributed by atoms with van der Waals surface area (Å²) < 4.78 is 38.5. The van der Waals surface area contributed by atoms with Crippen LogP contribution in [0.1, 0.15) is 37.8 Å². The Hall–Kier alpha value is -3.06. The van der Waals surface area contributed by atoms with Crippen LogP contribution in [0.3, 0.4) is 0 Å². The Labute approximate surface area is 197 Å². The number of halogens is 2. The van der Waals surface area contributed by atoms with Gasteiger partial charge in [-0.1, -0.05) is 44.4 Å². The van der Waals surface area contributed by atoms with Gasteiger partial charge in [0.2, 0.25) is 0 Å². The molecule has 3 rings (SSSR count).